The van der Waals surface area contributed by atoms with Crippen molar-refractivity contribution in [2.24, 2.45) is 4.99 Å². The summed E-state index contributed by atoms with van der Waals surface area (Å²) in [7, 11) is 1.25. The lowest BCUT2D eigenvalue weighted by atomic mass is 9.74. The number of carboxylic acid groups (broad SMARTS) is 1. The Balaban J connectivity index is 2.17. The highest BCUT2D eigenvalue weighted by molar-refractivity contribution is 7.78. The van der Waals surface area contributed by atoms with Gasteiger partial charge in [-0.05, 0) is 33.0 Å². The van der Waals surface area contributed by atoms with Gasteiger partial charge in [-0.1, -0.05) is 6.08 Å². The van der Waals surface area contributed by atoms with Crippen LogP contribution in [0, 0.1) is 5.41 Å². The van der Waals surface area contributed by atoms with Gasteiger partial charge in [-0.25, -0.2) is 9.59 Å². The van der Waals surface area contributed by atoms with E-state index in [0.29, 0.717) is 0 Å². The quantitative estimate of drug-likeness (QED) is 0.0480. The molecule has 2 saturated heterocycles. The van der Waals surface area contributed by atoms with Crippen LogP contribution in [0.25, 0.3) is 0 Å². The molecule has 20 heteroatoms. The second-order valence-electron chi connectivity index (χ2n) is 12.0. The molecule has 0 bridgehead atoms. The minimum absolute atomic E-state index is 0.323. The normalized spacial score (nSPS) is 35.0. The lowest BCUT2D eigenvalue weighted by Crippen LogP contribution is -2.70. The van der Waals surface area contributed by atoms with Gasteiger partial charge in [0, 0.05) is 27.4 Å². The van der Waals surface area contributed by atoms with Crippen LogP contribution in [0.2, 0.25) is 0 Å². The van der Waals surface area contributed by atoms with Crippen LogP contribution >= 0.6 is 12.2 Å². The zero-order valence-electron chi connectivity index (χ0n) is 28.4. The number of ketones is 1. The summed E-state index contributed by atoms with van der Waals surface area (Å²) in [5.41, 5.74) is -7.72. The van der Waals surface area contributed by atoms with Crippen molar-refractivity contribution < 1.29 is 82.7 Å². The molecule has 2 fully saturated rings. The average Bonchev–Trinajstić information content (AvgIpc) is 3.04. The van der Waals surface area contributed by atoms with E-state index in [4.69, 9.17) is 38.6 Å². The number of nitrogens with zero attached hydrogens (tertiary/aromatic N) is 1. The number of aliphatic hydroxyl groups excluding tert-OH is 2. The number of ether oxygens (including phenoxy) is 7. The number of allylic oxidation sites excluding steroid dienone is 1. The number of aliphatic hydroxyl groups is 4. The van der Waals surface area contributed by atoms with E-state index < -0.39 is 126 Å². The number of hydrogen-bond donors (Lipinski definition) is 6. The number of hydrogen-bond acceptors (Lipinski definition) is 19. The number of carbonyl (C=O) groups excluding carboxylic acids is 4. The first-order chi connectivity index (χ1) is 23.8. The van der Waals surface area contributed by atoms with Gasteiger partial charge >= 0.3 is 23.9 Å². The molecular formula is C31H40N2O17S. The summed E-state index contributed by atoms with van der Waals surface area (Å²) in [4.78, 5) is 65.1. The SMILES string of the molecule is C/C=C(\N=C=S)C(=O)OC1C(COC(C)=O)OC(C2(O)CC(=O)C(=N)C(C(=O)O)=C2O)C(O)C1OC1CC(OC)C(O)(C(C)OC(C)=O)C(C)O1. The summed E-state index contributed by atoms with van der Waals surface area (Å²) < 4.78 is 39.4. The van der Waals surface area contributed by atoms with E-state index in [-0.39, 0.29) is 12.1 Å². The summed E-state index contributed by atoms with van der Waals surface area (Å²) in [6.45, 7) is 5.66. The molecule has 2 aliphatic heterocycles. The molecule has 11 unspecified atom stereocenters. The van der Waals surface area contributed by atoms with Crippen LogP contribution < -0.4 is 0 Å². The number of Topliss-reactive ketones (excluding diaryl/α,β-unsaturated/α-hetero) is 1. The van der Waals surface area contributed by atoms with Crippen LogP contribution in [0.3, 0.4) is 0 Å². The summed E-state index contributed by atoms with van der Waals surface area (Å²) in [6.07, 6.45) is -15.0. The smallest absolute Gasteiger partial charge is 0.357 e. The Morgan fingerprint density at radius 3 is 2.35 bits per heavy atom. The van der Waals surface area contributed by atoms with Gasteiger partial charge in [0.25, 0.3) is 0 Å². The van der Waals surface area contributed by atoms with Gasteiger partial charge < -0.3 is 58.7 Å². The fraction of sp³-hybridized carbons (Fsp3) is 0.645. The molecule has 2 heterocycles. The van der Waals surface area contributed by atoms with Gasteiger partial charge in [0.2, 0.25) is 0 Å². The number of isothiocyanates is 1. The minimum atomic E-state index is -3.02. The van der Waals surface area contributed by atoms with Gasteiger partial charge in [-0.3, -0.25) is 19.8 Å². The predicted molar refractivity (Wildman–Crippen MR) is 170 cm³/mol. The van der Waals surface area contributed by atoms with Crippen molar-refractivity contribution in [2.45, 2.75) is 114 Å². The summed E-state index contributed by atoms with van der Waals surface area (Å²) >= 11 is 4.58. The molecule has 0 aromatic rings. The van der Waals surface area contributed by atoms with Crippen LogP contribution in [-0.4, -0.2) is 146 Å². The molecule has 282 valence electrons. The molecule has 0 aromatic carbocycles. The number of rotatable bonds is 12. The Morgan fingerprint density at radius 1 is 1.18 bits per heavy atom. The maximum absolute atomic E-state index is 13.2. The highest BCUT2D eigenvalue weighted by Gasteiger charge is 2.62. The highest BCUT2D eigenvalue weighted by Crippen LogP contribution is 2.42. The van der Waals surface area contributed by atoms with Crippen molar-refractivity contribution in [1.29, 1.82) is 5.41 Å². The number of aliphatic carboxylic acids is 1. The molecule has 0 amide bonds. The van der Waals surface area contributed by atoms with Gasteiger partial charge in [0.05, 0.1) is 23.8 Å². The highest BCUT2D eigenvalue weighted by atomic mass is 32.1. The molecular weight excluding hydrogens is 704 g/mol. The number of methoxy groups -OCH3 is 1. The maximum atomic E-state index is 13.2. The molecule has 1 aliphatic carbocycles. The first-order valence-corrected chi connectivity index (χ1v) is 15.9. The van der Waals surface area contributed by atoms with Crippen LogP contribution in [0.5, 0.6) is 0 Å². The number of carbonyl (C=O) groups is 5. The average molecular weight is 745 g/mol. The predicted octanol–water partition coefficient (Wildman–Crippen LogP) is -0.566. The van der Waals surface area contributed by atoms with E-state index in [1.165, 1.54) is 34.0 Å². The third-order valence-electron chi connectivity index (χ3n) is 8.81. The lowest BCUT2D eigenvalue weighted by Gasteiger charge is -2.52. The second kappa shape index (κ2) is 16.6. The van der Waals surface area contributed by atoms with Gasteiger partial charge in [-0.15, -0.1) is 0 Å². The van der Waals surface area contributed by atoms with E-state index in [1.807, 2.05) is 5.16 Å². The molecule has 0 saturated carbocycles. The molecule has 0 aromatic heterocycles. The second-order valence-corrected chi connectivity index (χ2v) is 12.2. The number of carboxylic acids is 1. The fourth-order valence-electron chi connectivity index (χ4n) is 6.25. The number of nitrogens with one attached hydrogen (secondary N) is 1. The van der Waals surface area contributed by atoms with Crippen molar-refractivity contribution in [3.63, 3.8) is 0 Å². The molecule has 3 aliphatic rings. The van der Waals surface area contributed by atoms with Crippen molar-refractivity contribution in [3.8, 4) is 0 Å². The van der Waals surface area contributed by atoms with Crippen LogP contribution in [0.1, 0.15) is 47.5 Å². The first-order valence-electron chi connectivity index (χ1n) is 15.4. The first kappa shape index (κ1) is 41.4. The van der Waals surface area contributed by atoms with E-state index in [2.05, 4.69) is 17.2 Å². The van der Waals surface area contributed by atoms with Crippen molar-refractivity contribution in [3.05, 3.63) is 23.1 Å². The molecule has 6 N–H and O–H groups in total. The van der Waals surface area contributed by atoms with Crippen molar-refractivity contribution >= 4 is 52.8 Å². The third-order valence-corrected chi connectivity index (χ3v) is 8.90. The van der Waals surface area contributed by atoms with Gasteiger partial charge in [0.1, 0.15) is 54.2 Å². The Bertz CT molecular complexity index is 1540. The topological polar surface area (TPSA) is 287 Å². The van der Waals surface area contributed by atoms with Crippen LogP contribution in [0.4, 0.5) is 0 Å². The van der Waals surface area contributed by atoms with E-state index in [0.717, 1.165) is 13.8 Å². The molecule has 19 nitrogen and oxygen atoms in total. The Labute approximate surface area is 296 Å². The zero-order chi connectivity index (χ0) is 38.6. The fourth-order valence-corrected chi connectivity index (χ4v) is 6.35. The lowest BCUT2D eigenvalue weighted by molar-refractivity contribution is -0.345. The third kappa shape index (κ3) is 8.40. The summed E-state index contributed by atoms with van der Waals surface area (Å²) in [6, 6.07) is 0. The maximum Gasteiger partial charge on any atom is 0.357 e. The summed E-state index contributed by atoms with van der Waals surface area (Å²) in [5.74, 6) is -7.31. The van der Waals surface area contributed by atoms with Gasteiger partial charge in [-0.2, -0.15) is 4.99 Å². The van der Waals surface area contributed by atoms with Crippen LogP contribution in [0.15, 0.2) is 28.1 Å². The molecule has 0 radical (unpaired) electrons. The standard InChI is InChI=1S/C31H40N2O17S/c1-7-16(33-11-51)29(41)50-24-18(10-45-14(4)34)48-27(30(42)9-17(36)22(32)21(26(30)38)28(39)40)23(37)25(24)49-20-8-19(44-6)31(43,13(3)47-20)12(2)46-15(5)35/h7,12-13,18-20,23-25,27,32,37-38,42-43H,8-10H2,1-6H3,(H,39,40)/b16-7-,32-22?. The zero-order valence-corrected chi connectivity index (χ0v) is 29.2. The Morgan fingerprint density at radius 2 is 1.82 bits per heavy atom. The molecule has 51 heavy (non-hydrogen) atoms. The summed E-state index contributed by atoms with van der Waals surface area (Å²) in [5, 5.41) is 65.7. The van der Waals surface area contributed by atoms with E-state index in [9.17, 15) is 49.5 Å². The van der Waals surface area contributed by atoms with Crippen molar-refractivity contribution in [1.82, 2.24) is 0 Å². The molecule has 3 rings (SSSR count). The number of thiocarbonyl (C=S) groups is 1. The number of aliphatic imine (C=N–C) groups is 1. The van der Waals surface area contributed by atoms with E-state index in [1.54, 1.807) is 0 Å². The monoisotopic (exact) mass is 744 g/mol. The molecule has 11 atom stereocenters. The van der Waals surface area contributed by atoms with Crippen LogP contribution in [-0.2, 0) is 57.1 Å². The minimum Gasteiger partial charge on any atom is -0.508 e. The van der Waals surface area contributed by atoms with Gasteiger partial charge in [0.15, 0.2) is 35.1 Å². The van der Waals surface area contributed by atoms with Crippen molar-refractivity contribution in [2.75, 3.05) is 13.7 Å². The number of esters is 3. The van der Waals surface area contributed by atoms with E-state index >= 15 is 0 Å². The Kier molecular flexibility index (Phi) is 13.5. The molecule has 0 spiro atoms. The largest absolute Gasteiger partial charge is 0.508 e. The Hall–Kier alpha value is -3.98.